The fourth-order valence-corrected chi connectivity index (χ4v) is 5.06. The minimum absolute atomic E-state index is 0.0615. The van der Waals surface area contributed by atoms with E-state index in [0.717, 1.165) is 24.2 Å². The summed E-state index contributed by atoms with van der Waals surface area (Å²) in [6, 6.07) is 17.4. The molecular formula is C31H31FN2O6. The Morgan fingerprint density at radius 1 is 1.07 bits per heavy atom. The minimum atomic E-state index is -0.771. The number of methoxy groups -OCH3 is 1. The molecule has 0 aliphatic carbocycles. The number of carbonyl (C=O) groups excluding carboxylic acids is 1. The number of pyridine rings is 1. The monoisotopic (exact) mass is 546 g/mol. The van der Waals surface area contributed by atoms with Gasteiger partial charge in [-0.3, -0.25) is 4.79 Å². The molecule has 4 aromatic rings. The number of benzene rings is 3. The molecule has 1 unspecified atom stereocenters. The Morgan fingerprint density at radius 3 is 2.48 bits per heavy atom. The second kappa shape index (κ2) is 11.8. The third-order valence-corrected chi connectivity index (χ3v) is 7.14. The first-order chi connectivity index (χ1) is 19.4. The zero-order chi connectivity index (χ0) is 28.2. The smallest absolute Gasteiger partial charge is 0.343 e. The van der Waals surface area contributed by atoms with Crippen molar-refractivity contribution < 1.29 is 28.5 Å². The van der Waals surface area contributed by atoms with Gasteiger partial charge in [-0.25, -0.2) is 9.18 Å². The van der Waals surface area contributed by atoms with Crippen LogP contribution >= 0.6 is 0 Å². The van der Waals surface area contributed by atoms with E-state index >= 15 is 4.39 Å². The third-order valence-electron chi connectivity index (χ3n) is 7.14. The molecule has 0 radical (unpaired) electrons. The zero-order valence-corrected chi connectivity index (χ0v) is 22.4. The van der Waals surface area contributed by atoms with Gasteiger partial charge in [0.25, 0.3) is 0 Å². The standard InChI is InChI=1S/C31H31FN2O6/c1-3-39-31(37)26-17-34(21-8-12-24(13-9-21)40-19-20-6-10-23(38-2)11-7-20)28-16-29(27(32)15-25(28)30(26)36)33-14-4-5-22(33)18-35/h6-13,15-17,22,35H,3-5,14,18-19H2,1-2H3. The van der Waals surface area contributed by atoms with Crippen molar-refractivity contribution in [3.05, 3.63) is 94.0 Å². The predicted octanol–water partition coefficient (Wildman–Crippen LogP) is 4.86. The van der Waals surface area contributed by atoms with Crippen LogP contribution in [0.1, 0.15) is 35.7 Å². The molecule has 1 aliphatic heterocycles. The van der Waals surface area contributed by atoms with Crippen LogP contribution in [-0.2, 0) is 11.3 Å². The van der Waals surface area contributed by atoms with Gasteiger partial charge >= 0.3 is 5.97 Å². The number of fused-ring (bicyclic) bond motifs is 1. The second-order valence-electron chi connectivity index (χ2n) is 9.59. The maximum Gasteiger partial charge on any atom is 0.343 e. The molecule has 1 aromatic heterocycles. The lowest BCUT2D eigenvalue weighted by Crippen LogP contribution is -2.33. The molecule has 40 heavy (non-hydrogen) atoms. The van der Waals surface area contributed by atoms with Crippen LogP contribution < -0.4 is 19.8 Å². The highest BCUT2D eigenvalue weighted by atomic mass is 19.1. The molecule has 0 saturated carbocycles. The van der Waals surface area contributed by atoms with Crippen molar-refractivity contribution in [2.45, 2.75) is 32.4 Å². The van der Waals surface area contributed by atoms with E-state index in [0.29, 0.717) is 35.8 Å². The van der Waals surface area contributed by atoms with E-state index in [2.05, 4.69) is 0 Å². The van der Waals surface area contributed by atoms with Crippen molar-refractivity contribution in [3.8, 4) is 17.2 Å². The first-order valence-electron chi connectivity index (χ1n) is 13.2. The van der Waals surface area contributed by atoms with E-state index in [-0.39, 0.29) is 30.2 Å². The Balaban J connectivity index is 1.54. The van der Waals surface area contributed by atoms with Crippen LogP contribution in [0.15, 0.2) is 71.7 Å². The highest BCUT2D eigenvalue weighted by Gasteiger charge is 2.28. The van der Waals surface area contributed by atoms with Gasteiger partial charge < -0.3 is 28.8 Å². The molecule has 8 nitrogen and oxygen atoms in total. The number of anilines is 1. The van der Waals surface area contributed by atoms with E-state index in [9.17, 15) is 14.7 Å². The Hall–Kier alpha value is -4.37. The summed E-state index contributed by atoms with van der Waals surface area (Å²) in [5.74, 6) is 0.0418. The average molecular weight is 547 g/mol. The highest BCUT2D eigenvalue weighted by molar-refractivity contribution is 5.95. The Bertz CT molecular complexity index is 1570. The summed E-state index contributed by atoms with van der Waals surface area (Å²) in [5, 5.41) is 9.87. The summed E-state index contributed by atoms with van der Waals surface area (Å²) in [6.45, 7) is 2.62. The summed E-state index contributed by atoms with van der Waals surface area (Å²) < 4.78 is 33.3. The molecule has 2 heterocycles. The van der Waals surface area contributed by atoms with Crippen molar-refractivity contribution in [3.63, 3.8) is 0 Å². The number of rotatable bonds is 9. The lowest BCUT2D eigenvalue weighted by molar-refractivity contribution is 0.0524. The van der Waals surface area contributed by atoms with Gasteiger partial charge in [-0.1, -0.05) is 12.1 Å². The summed E-state index contributed by atoms with van der Waals surface area (Å²) in [5.41, 5.74) is 1.58. The van der Waals surface area contributed by atoms with Crippen molar-refractivity contribution >= 4 is 22.6 Å². The number of hydrogen-bond acceptors (Lipinski definition) is 7. The summed E-state index contributed by atoms with van der Waals surface area (Å²) >= 11 is 0. The number of halogens is 1. The van der Waals surface area contributed by atoms with Gasteiger partial charge in [0, 0.05) is 23.8 Å². The number of aliphatic hydroxyl groups excluding tert-OH is 1. The number of aliphatic hydroxyl groups is 1. The molecule has 1 N–H and O–H groups in total. The van der Waals surface area contributed by atoms with Gasteiger partial charge in [0.05, 0.1) is 37.6 Å². The lowest BCUT2D eigenvalue weighted by atomic mass is 10.1. The quantitative estimate of drug-likeness (QED) is 0.300. The van der Waals surface area contributed by atoms with Crippen LogP contribution in [0.5, 0.6) is 11.5 Å². The fraction of sp³-hybridized carbons (Fsp3) is 0.290. The number of aromatic nitrogens is 1. The zero-order valence-electron chi connectivity index (χ0n) is 22.4. The third kappa shape index (κ3) is 5.37. The van der Waals surface area contributed by atoms with Crippen molar-refractivity contribution in [1.82, 2.24) is 4.57 Å². The number of ether oxygens (including phenoxy) is 3. The van der Waals surface area contributed by atoms with Crippen LogP contribution in [0.3, 0.4) is 0 Å². The van der Waals surface area contributed by atoms with Gasteiger partial charge in [0.1, 0.15) is 29.5 Å². The van der Waals surface area contributed by atoms with Gasteiger partial charge in [-0.05, 0) is 73.9 Å². The number of nitrogens with zero attached hydrogens (tertiary/aromatic N) is 2. The van der Waals surface area contributed by atoms with Crippen LogP contribution in [0, 0.1) is 5.82 Å². The van der Waals surface area contributed by atoms with E-state index in [1.54, 1.807) is 48.9 Å². The number of hydrogen-bond donors (Lipinski definition) is 1. The van der Waals surface area contributed by atoms with Gasteiger partial charge in [0.15, 0.2) is 0 Å². The first kappa shape index (κ1) is 27.2. The summed E-state index contributed by atoms with van der Waals surface area (Å²) in [6.07, 6.45) is 3.01. The molecule has 5 rings (SSSR count). The molecule has 1 aliphatic rings. The normalized spacial score (nSPS) is 14.9. The first-order valence-corrected chi connectivity index (χ1v) is 13.2. The topological polar surface area (TPSA) is 90.2 Å². The van der Waals surface area contributed by atoms with Crippen LogP contribution in [0.2, 0.25) is 0 Å². The lowest BCUT2D eigenvalue weighted by Gasteiger charge is -2.26. The van der Waals surface area contributed by atoms with Crippen LogP contribution in [0.25, 0.3) is 16.6 Å². The highest BCUT2D eigenvalue weighted by Crippen LogP contribution is 2.32. The van der Waals surface area contributed by atoms with Crippen LogP contribution in [-0.4, -0.2) is 48.6 Å². The predicted molar refractivity (Wildman–Crippen MR) is 150 cm³/mol. The van der Waals surface area contributed by atoms with E-state index in [1.807, 2.05) is 29.2 Å². The summed E-state index contributed by atoms with van der Waals surface area (Å²) in [4.78, 5) is 27.8. The SMILES string of the molecule is CCOC(=O)c1cn(-c2ccc(OCc3ccc(OC)cc3)cc2)c2cc(N3CCCC3CO)c(F)cc2c1=O. The molecule has 1 atom stereocenters. The van der Waals surface area contributed by atoms with Crippen LogP contribution in [0.4, 0.5) is 10.1 Å². The molecule has 208 valence electrons. The van der Waals surface area contributed by atoms with Gasteiger partial charge in [-0.15, -0.1) is 0 Å². The Morgan fingerprint density at radius 2 is 1.80 bits per heavy atom. The van der Waals surface area contributed by atoms with E-state index < -0.39 is 17.2 Å². The second-order valence-corrected chi connectivity index (χ2v) is 9.59. The minimum Gasteiger partial charge on any atom is -0.497 e. The molecule has 1 fully saturated rings. The maximum atomic E-state index is 15.4. The molecule has 9 heteroatoms. The van der Waals surface area contributed by atoms with Crippen molar-refractivity contribution in [2.75, 3.05) is 31.8 Å². The molecule has 3 aromatic carbocycles. The average Bonchev–Trinajstić information content (AvgIpc) is 3.46. The fourth-order valence-electron chi connectivity index (χ4n) is 5.06. The van der Waals surface area contributed by atoms with E-state index in [1.165, 1.54) is 12.3 Å². The van der Waals surface area contributed by atoms with E-state index in [4.69, 9.17) is 14.2 Å². The van der Waals surface area contributed by atoms with Gasteiger partial charge in [-0.2, -0.15) is 0 Å². The molecular weight excluding hydrogens is 515 g/mol. The van der Waals surface area contributed by atoms with Crippen molar-refractivity contribution in [1.29, 1.82) is 0 Å². The molecule has 0 amide bonds. The number of carbonyl (C=O) groups is 1. The summed E-state index contributed by atoms with van der Waals surface area (Å²) in [7, 11) is 1.62. The van der Waals surface area contributed by atoms with Gasteiger partial charge in [0.2, 0.25) is 5.43 Å². The molecule has 0 bridgehead atoms. The van der Waals surface area contributed by atoms with Crippen molar-refractivity contribution in [2.24, 2.45) is 0 Å². The molecule has 1 saturated heterocycles. The number of esters is 1. The largest absolute Gasteiger partial charge is 0.497 e. The maximum absolute atomic E-state index is 15.4. The Labute approximate surface area is 231 Å². The molecule has 0 spiro atoms. The Kier molecular flexibility index (Phi) is 8.02.